The molecule has 0 heterocycles. The molecule has 0 fully saturated rings. The number of rotatable bonds is 22. The van der Waals surface area contributed by atoms with Crippen LogP contribution in [0.4, 0.5) is 0 Å². The molecule has 0 aromatic heterocycles. The van der Waals surface area contributed by atoms with Gasteiger partial charge in [-0.15, -0.1) is 0 Å². The lowest BCUT2D eigenvalue weighted by Gasteiger charge is -2.06. The van der Waals surface area contributed by atoms with Gasteiger partial charge in [-0.05, 0) is 19.3 Å². The van der Waals surface area contributed by atoms with E-state index < -0.39 is 6.10 Å². The molecule has 0 aromatic rings. The highest BCUT2D eigenvalue weighted by atomic mass is 16.3. The van der Waals surface area contributed by atoms with Gasteiger partial charge in [0.25, 0.3) is 0 Å². The van der Waals surface area contributed by atoms with Crippen LogP contribution in [0.15, 0.2) is 0 Å². The molecule has 0 amide bonds. The molecule has 0 radical (unpaired) electrons. The average molecular weight is 385 g/mol. The molecular weight excluding hydrogens is 336 g/mol. The van der Waals surface area contributed by atoms with Gasteiger partial charge in [-0.2, -0.15) is 0 Å². The van der Waals surface area contributed by atoms with E-state index in [1.165, 1.54) is 89.9 Å². The largest absolute Gasteiger partial charge is 0.394 e. The second kappa shape index (κ2) is 21.9. The third-order valence-corrected chi connectivity index (χ3v) is 5.51. The zero-order valence-corrected chi connectivity index (χ0v) is 18.2. The van der Waals surface area contributed by atoms with Crippen molar-refractivity contribution in [3.05, 3.63) is 0 Å². The zero-order chi connectivity index (χ0) is 20.0. The molecule has 0 aromatic carbocycles. The van der Waals surface area contributed by atoms with Crippen molar-refractivity contribution in [2.75, 3.05) is 6.61 Å². The molecule has 3 heteroatoms. The first-order chi connectivity index (χ1) is 13.2. The second-order valence-electron chi connectivity index (χ2n) is 8.32. The first kappa shape index (κ1) is 26.6. The molecule has 0 aliphatic heterocycles. The number of carbonyl (C=O) groups is 1. The summed E-state index contributed by atoms with van der Waals surface area (Å²) >= 11 is 0. The van der Waals surface area contributed by atoms with Crippen molar-refractivity contribution < 1.29 is 15.0 Å². The van der Waals surface area contributed by atoms with E-state index in [1.54, 1.807) is 0 Å². The Morgan fingerprint density at radius 2 is 1.00 bits per heavy atom. The van der Waals surface area contributed by atoms with Crippen LogP contribution in [0.2, 0.25) is 0 Å². The van der Waals surface area contributed by atoms with Gasteiger partial charge in [0.05, 0.1) is 12.7 Å². The molecular formula is C24H48O3. The van der Waals surface area contributed by atoms with Crippen LogP contribution < -0.4 is 0 Å². The molecule has 2 N–H and O–H groups in total. The van der Waals surface area contributed by atoms with Crippen molar-refractivity contribution in [2.45, 2.75) is 141 Å². The maximum absolute atomic E-state index is 11.8. The van der Waals surface area contributed by atoms with Crippen LogP contribution in [0.1, 0.15) is 135 Å². The Morgan fingerprint density at radius 3 is 1.41 bits per heavy atom. The van der Waals surface area contributed by atoms with E-state index in [0.717, 1.165) is 25.7 Å². The van der Waals surface area contributed by atoms with E-state index in [9.17, 15) is 9.90 Å². The minimum absolute atomic E-state index is 0.174. The molecule has 0 aliphatic carbocycles. The maximum atomic E-state index is 11.8. The molecule has 0 bridgehead atoms. The highest BCUT2D eigenvalue weighted by molar-refractivity contribution is 5.78. The number of Topliss-reactive ketones (excluding diaryl/α,β-unsaturated/α-hetero) is 1. The first-order valence-electron chi connectivity index (χ1n) is 12.0. The summed E-state index contributed by atoms with van der Waals surface area (Å²) in [7, 11) is 0. The van der Waals surface area contributed by atoms with Crippen LogP contribution >= 0.6 is 0 Å². The fourth-order valence-corrected chi connectivity index (χ4v) is 3.61. The third kappa shape index (κ3) is 21.7. The van der Waals surface area contributed by atoms with Crippen molar-refractivity contribution in [2.24, 2.45) is 0 Å². The van der Waals surface area contributed by atoms with Crippen LogP contribution in [0.5, 0.6) is 0 Å². The summed E-state index contributed by atoms with van der Waals surface area (Å²) in [5.74, 6) is 0.364. The number of aliphatic hydroxyl groups excluding tert-OH is 2. The van der Waals surface area contributed by atoms with Crippen LogP contribution in [0.25, 0.3) is 0 Å². The summed E-state index contributed by atoms with van der Waals surface area (Å²) in [4.78, 5) is 11.8. The van der Waals surface area contributed by atoms with Crippen LogP contribution in [0.3, 0.4) is 0 Å². The van der Waals surface area contributed by atoms with E-state index in [2.05, 4.69) is 6.92 Å². The van der Waals surface area contributed by atoms with E-state index in [4.69, 9.17) is 5.11 Å². The Kier molecular flexibility index (Phi) is 21.6. The molecule has 0 rings (SSSR count). The van der Waals surface area contributed by atoms with E-state index in [1.807, 2.05) is 0 Å². The topological polar surface area (TPSA) is 57.5 Å². The standard InChI is InChI=1S/C24H48O3/c1-2-3-4-5-6-7-8-9-10-11-12-13-14-15-16-19-23(26)20-17-18-21-24(27)22-25/h24-25,27H,2-22H2,1H3. The summed E-state index contributed by atoms with van der Waals surface area (Å²) in [5, 5.41) is 18.0. The number of aliphatic hydroxyl groups is 2. The smallest absolute Gasteiger partial charge is 0.132 e. The van der Waals surface area contributed by atoms with Gasteiger partial charge in [-0.25, -0.2) is 0 Å². The van der Waals surface area contributed by atoms with E-state index >= 15 is 0 Å². The van der Waals surface area contributed by atoms with Crippen molar-refractivity contribution in [1.29, 1.82) is 0 Å². The quantitative estimate of drug-likeness (QED) is 0.203. The Morgan fingerprint density at radius 1 is 0.630 bits per heavy atom. The second-order valence-corrected chi connectivity index (χ2v) is 8.32. The molecule has 27 heavy (non-hydrogen) atoms. The fourth-order valence-electron chi connectivity index (χ4n) is 3.61. The van der Waals surface area contributed by atoms with Gasteiger partial charge in [0.15, 0.2) is 0 Å². The summed E-state index contributed by atoms with van der Waals surface area (Å²) in [5.41, 5.74) is 0. The van der Waals surface area contributed by atoms with Crippen LogP contribution in [-0.2, 0) is 4.79 Å². The van der Waals surface area contributed by atoms with Crippen molar-refractivity contribution >= 4 is 5.78 Å². The molecule has 0 spiro atoms. The molecule has 0 saturated carbocycles. The lowest BCUT2D eigenvalue weighted by atomic mass is 10.0. The number of hydrogen-bond donors (Lipinski definition) is 2. The maximum Gasteiger partial charge on any atom is 0.132 e. The SMILES string of the molecule is CCCCCCCCCCCCCCCCCC(=O)CCCCC(O)CO. The lowest BCUT2D eigenvalue weighted by Crippen LogP contribution is -2.11. The van der Waals surface area contributed by atoms with Crippen molar-refractivity contribution in [3.63, 3.8) is 0 Å². The van der Waals surface area contributed by atoms with Gasteiger partial charge in [0.1, 0.15) is 5.78 Å². The van der Waals surface area contributed by atoms with Crippen molar-refractivity contribution in [1.82, 2.24) is 0 Å². The Bertz CT molecular complexity index is 304. The average Bonchev–Trinajstić information content (AvgIpc) is 2.68. The molecule has 3 nitrogen and oxygen atoms in total. The number of hydrogen-bond acceptors (Lipinski definition) is 3. The van der Waals surface area contributed by atoms with E-state index in [0.29, 0.717) is 18.6 Å². The highest BCUT2D eigenvalue weighted by Crippen LogP contribution is 2.14. The number of unbranched alkanes of at least 4 members (excludes halogenated alkanes) is 15. The Balaban J connectivity index is 3.14. The van der Waals surface area contributed by atoms with Gasteiger partial charge in [0, 0.05) is 12.8 Å². The fraction of sp³-hybridized carbons (Fsp3) is 0.958. The predicted molar refractivity (Wildman–Crippen MR) is 116 cm³/mol. The summed E-state index contributed by atoms with van der Waals surface area (Å²) in [6.07, 6.45) is 23.3. The summed E-state index contributed by atoms with van der Waals surface area (Å²) in [6.45, 7) is 2.10. The van der Waals surface area contributed by atoms with Gasteiger partial charge in [-0.3, -0.25) is 4.79 Å². The molecule has 1 atom stereocenters. The highest BCUT2D eigenvalue weighted by Gasteiger charge is 2.04. The van der Waals surface area contributed by atoms with E-state index in [-0.39, 0.29) is 6.61 Å². The molecule has 162 valence electrons. The molecule has 0 aliphatic rings. The van der Waals surface area contributed by atoms with Gasteiger partial charge in [-0.1, -0.05) is 103 Å². The van der Waals surface area contributed by atoms with Gasteiger partial charge >= 0.3 is 0 Å². The van der Waals surface area contributed by atoms with Gasteiger partial charge < -0.3 is 10.2 Å². The Hall–Kier alpha value is -0.410. The predicted octanol–water partition coefficient (Wildman–Crippen LogP) is 6.73. The molecule has 0 saturated heterocycles. The molecule has 1 unspecified atom stereocenters. The monoisotopic (exact) mass is 384 g/mol. The van der Waals surface area contributed by atoms with Crippen molar-refractivity contribution in [3.8, 4) is 0 Å². The Labute approximate surface area is 169 Å². The number of carbonyl (C=O) groups excluding carboxylic acids is 1. The third-order valence-electron chi connectivity index (χ3n) is 5.51. The normalized spacial score (nSPS) is 12.4. The first-order valence-corrected chi connectivity index (χ1v) is 12.0. The number of ketones is 1. The van der Waals surface area contributed by atoms with Crippen LogP contribution in [0, 0.1) is 0 Å². The summed E-state index contributed by atoms with van der Waals surface area (Å²) in [6, 6.07) is 0. The van der Waals surface area contributed by atoms with Crippen LogP contribution in [-0.4, -0.2) is 28.7 Å². The zero-order valence-electron chi connectivity index (χ0n) is 18.2. The minimum Gasteiger partial charge on any atom is -0.394 e. The lowest BCUT2D eigenvalue weighted by molar-refractivity contribution is -0.119. The van der Waals surface area contributed by atoms with Gasteiger partial charge in [0.2, 0.25) is 0 Å². The minimum atomic E-state index is -0.615. The summed E-state index contributed by atoms with van der Waals surface area (Å²) < 4.78 is 0.